The number of benzene rings is 1. The molecule has 0 heterocycles. The summed E-state index contributed by atoms with van der Waals surface area (Å²) in [5, 5.41) is 3.29. The average Bonchev–Trinajstić information content (AvgIpc) is 3.29. The van der Waals surface area contributed by atoms with Crippen molar-refractivity contribution in [2.24, 2.45) is 0 Å². The van der Waals surface area contributed by atoms with Crippen LogP contribution >= 0.6 is 0 Å². The number of aryl methyl sites for hydroxylation is 1. The highest BCUT2D eigenvalue weighted by atomic mass is 32.2. The Morgan fingerprint density at radius 1 is 1.19 bits per heavy atom. The molecule has 1 saturated carbocycles. The number of rotatable bonds is 8. The van der Waals surface area contributed by atoms with E-state index >= 15 is 0 Å². The summed E-state index contributed by atoms with van der Waals surface area (Å²) in [6, 6.07) is 5.78. The highest BCUT2D eigenvalue weighted by Gasteiger charge is 2.36. The number of nitrogens with zero attached hydrogens (tertiary/aromatic N) is 1. The Labute approximate surface area is 128 Å². The van der Waals surface area contributed by atoms with E-state index in [2.05, 4.69) is 19.2 Å². The number of hydrogen-bond donors (Lipinski definition) is 1. The third-order valence-electron chi connectivity index (χ3n) is 4.00. The fraction of sp³-hybridized carbons (Fsp3) is 0.625. The summed E-state index contributed by atoms with van der Waals surface area (Å²) in [6.45, 7) is 8.21. The molecule has 0 spiro atoms. The van der Waals surface area contributed by atoms with Crippen LogP contribution in [0.3, 0.4) is 0 Å². The van der Waals surface area contributed by atoms with Gasteiger partial charge in [0.1, 0.15) is 0 Å². The minimum absolute atomic E-state index is 0.211. The molecule has 0 atom stereocenters. The van der Waals surface area contributed by atoms with Crippen molar-refractivity contribution in [3.63, 3.8) is 0 Å². The van der Waals surface area contributed by atoms with Gasteiger partial charge in [0, 0.05) is 19.1 Å². The van der Waals surface area contributed by atoms with E-state index in [0.29, 0.717) is 11.4 Å². The maximum absolute atomic E-state index is 12.8. The standard InChI is InChI=1S/C16H26N2O2S/c1-4-13-7-10-16(11-14(13)12-17-5-2)21(19,20)18(6-3)15-8-9-15/h7,10-11,15,17H,4-6,8-9,12H2,1-3H3. The molecule has 1 aromatic carbocycles. The van der Waals surface area contributed by atoms with E-state index in [0.717, 1.165) is 37.9 Å². The Bertz CT molecular complexity index is 580. The molecule has 5 heteroatoms. The van der Waals surface area contributed by atoms with Crippen LogP contribution in [0.4, 0.5) is 0 Å². The molecule has 0 bridgehead atoms. The molecule has 2 rings (SSSR count). The van der Waals surface area contributed by atoms with Crippen LogP contribution < -0.4 is 5.32 Å². The van der Waals surface area contributed by atoms with Crippen molar-refractivity contribution < 1.29 is 8.42 Å². The minimum Gasteiger partial charge on any atom is -0.313 e. The number of hydrogen-bond acceptors (Lipinski definition) is 3. The summed E-state index contributed by atoms with van der Waals surface area (Å²) >= 11 is 0. The van der Waals surface area contributed by atoms with Gasteiger partial charge in [-0.25, -0.2) is 8.42 Å². The molecule has 1 aromatic rings. The van der Waals surface area contributed by atoms with E-state index in [-0.39, 0.29) is 6.04 Å². The first kappa shape index (κ1) is 16.5. The normalized spacial score (nSPS) is 15.6. The van der Waals surface area contributed by atoms with Crippen LogP contribution in [0.1, 0.15) is 44.7 Å². The summed E-state index contributed by atoms with van der Waals surface area (Å²) in [6.07, 6.45) is 2.90. The molecule has 21 heavy (non-hydrogen) atoms. The fourth-order valence-electron chi connectivity index (χ4n) is 2.65. The van der Waals surface area contributed by atoms with Crippen molar-refractivity contribution in [3.05, 3.63) is 29.3 Å². The van der Waals surface area contributed by atoms with E-state index in [1.54, 1.807) is 10.4 Å². The lowest BCUT2D eigenvalue weighted by Gasteiger charge is -2.21. The zero-order chi connectivity index (χ0) is 15.5. The van der Waals surface area contributed by atoms with Gasteiger partial charge < -0.3 is 5.32 Å². The SMILES string of the molecule is CCNCc1cc(S(=O)(=O)N(CC)C2CC2)ccc1CC. The van der Waals surface area contributed by atoms with Crippen LogP contribution in [-0.2, 0) is 23.0 Å². The third-order valence-corrected chi connectivity index (χ3v) is 6.02. The van der Waals surface area contributed by atoms with Crippen LogP contribution in [0.25, 0.3) is 0 Å². The molecule has 1 aliphatic rings. The highest BCUT2D eigenvalue weighted by Crippen LogP contribution is 2.32. The molecule has 1 fully saturated rings. The monoisotopic (exact) mass is 310 g/mol. The second-order valence-electron chi connectivity index (χ2n) is 5.50. The van der Waals surface area contributed by atoms with Crippen molar-refractivity contribution in [2.75, 3.05) is 13.1 Å². The minimum atomic E-state index is -3.35. The molecule has 0 aromatic heterocycles. The van der Waals surface area contributed by atoms with Crippen LogP contribution in [0, 0.1) is 0 Å². The molecule has 4 nitrogen and oxygen atoms in total. The Morgan fingerprint density at radius 3 is 2.43 bits per heavy atom. The molecule has 1 aliphatic carbocycles. The Hall–Kier alpha value is -0.910. The smallest absolute Gasteiger partial charge is 0.243 e. The second-order valence-corrected chi connectivity index (χ2v) is 7.39. The van der Waals surface area contributed by atoms with Crippen molar-refractivity contribution in [2.45, 2.75) is 57.5 Å². The fourth-order valence-corrected chi connectivity index (χ4v) is 4.40. The Kier molecular flexibility index (Phi) is 5.41. The molecule has 1 N–H and O–H groups in total. The molecular weight excluding hydrogens is 284 g/mol. The predicted molar refractivity (Wildman–Crippen MR) is 85.8 cm³/mol. The van der Waals surface area contributed by atoms with Crippen LogP contribution in [0.15, 0.2) is 23.1 Å². The van der Waals surface area contributed by atoms with Gasteiger partial charge in [0.2, 0.25) is 10.0 Å². The molecule has 0 saturated heterocycles. The number of sulfonamides is 1. The summed E-state index contributed by atoms with van der Waals surface area (Å²) in [5.74, 6) is 0. The van der Waals surface area contributed by atoms with Gasteiger partial charge in [0.25, 0.3) is 0 Å². The molecular formula is C16H26N2O2S. The van der Waals surface area contributed by atoms with Crippen LogP contribution in [0.5, 0.6) is 0 Å². The zero-order valence-electron chi connectivity index (χ0n) is 13.2. The summed E-state index contributed by atoms with van der Waals surface area (Å²) in [5.41, 5.74) is 2.30. The van der Waals surface area contributed by atoms with Crippen molar-refractivity contribution in [3.8, 4) is 0 Å². The van der Waals surface area contributed by atoms with E-state index in [9.17, 15) is 8.42 Å². The maximum atomic E-state index is 12.8. The highest BCUT2D eigenvalue weighted by molar-refractivity contribution is 7.89. The van der Waals surface area contributed by atoms with Crippen LogP contribution in [0.2, 0.25) is 0 Å². The van der Waals surface area contributed by atoms with Crippen molar-refractivity contribution in [1.29, 1.82) is 0 Å². The lowest BCUT2D eigenvalue weighted by atomic mass is 10.1. The van der Waals surface area contributed by atoms with Crippen LogP contribution in [-0.4, -0.2) is 31.9 Å². The van der Waals surface area contributed by atoms with E-state index in [1.165, 1.54) is 5.56 Å². The van der Waals surface area contributed by atoms with Gasteiger partial charge in [0.15, 0.2) is 0 Å². The first-order valence-corrected chi connectivity index (χ1v) is 9.32. The Balaban J connectivity index is 2.34. The van der Waals surface area contributed by atoms with Gasteiger partial charge in [-0.1, -0.05) is 26.8 Å². The lowest BCUT2D eigenvalue weighted by Crippen LogP contribution is -2.33. The number of nitrogens with one attached hydrogen (secondary N) is 1. The molecule has 0 radical (unpaired) electrons. The lowest BCUT2D eigenvalue weighted by molar-refractivity contribution is 0.421. The second kappa shape index (κ2) is 6.90. The summed E-state index contributed by atoms with van der Waals surface area (Å²) in [7, 11) is -3.35. The quantitative estimate of drug-likeness (QED) is 0.803. The molecule has 118 valence electrons. The molecule has 0 amide bonds. The topological polar surface area (TPSA) is 49.4 Å². The Morgan fingerprint density at radius 2 is 1.90 bits per heavy atom. The van der Waals surface area contributed by atoms with Crippen molar-refractivity contribution in [1.82, 2.24) is 9.62 Å². The zero-order valence-corrected chi connectivity index (χ0v) is 14.0. The van der Waals surface area contributed by atoms with Crippen molar-refractivity contribution >= 4 is 10.0 Å². The summed E-state index contributed by atoms with van der Waals surface area (Å²) < 4.78 is 27.2. The molecule has 0 unspecified atom stereocenters. The first-order chi connectivity index (χ1) is 10.0. The largest absolute Gasteiger partial charge is 0.313 e. The van der Waals surface area contributed by atoms with Gasteiger partial charge in [0.05, 0.1) is 4.90 Å². The van der Waals surface area contributed by atoms with Gasteiger partial charge in [-0.15, -0.1) is 0 Å². The van der Waals surface area contributed by atoms with Gasteiger partial charge in [-0.2, -0.15) is 4.31 Å². The van der Waals surface area contributed by atoms with E-state index in [1.807, 2.05) is 19.1 Å². The maximum Gasteiger partial charge on any atom is 0.243 e. The molecule has 0 aliphatic heterocycles. The first-order valence-electron chi connectivity index (χ1n) is 7.88. The van der Waals surface area contributed by atoms with E-state index < -0.39 is 10.0 Å². The van der Waals surface area contributed by atoms with Gasteiger partial charge in [-0.3, -0.25) is 0 Å². The van der Waals surface area contributed by atoms with Gasteiger partial charge >= 0.3 is 0 Å². The predicted octanol–water partition coefficient (Wildman–Crippen LogP) is 2.53. The average molecular weight is 310 g/mol. The van der Waals surface area contributed by atoms with E-state index in [4.69, 9.17) is 0 Å². The van der Waals surface area contributed by atoms with Gasteiger partial charge in [-0.05, 0) is 49.1 Å². The third kappa shape index (κ3) is 3.65. The summed E-state index contributed by atoms with van der Waals surface area (Å²) in [4.78, 5) is 0.432.